The number of hydrogen-bond acceptors (Lipinski definition) is 3. The van der Waals surface area contributed by atoms with Crippen molar-refractivity contribution in [3.63, 3.8) is 0 Å². The zero-order chi connectivity index (χ0) is 12.4. The van der Waals surface area contributed by atoms with E-state index in [1.807, 2.05) is 0 Å². The third kappa shape index (κ3) is 6.12. The fraction of sp³-hybridized carbons (Fsp3) is 1.00. The van der Waals surface area contributed by atoms with Gasteiger partial charge >= 0.3 is 0 Å². The highest BCUT2D eigenvalue weighted by atomic mass is 32.1. The van der Waals surface area contributed by atoms with Crippen LogP contribution in [-0.2, 0) is 0 Å². The van der Waals surface area contributed by atoms with Crippen molar-refractivity contribution >= 4 is 12.6 Å². The summed E-state index contributed by atoms with van der Waals surface area (Å²) in [6.45, 7) is 8.85. The van der Waals surface area contributed by atoms with Crippen molar-refractivity contribution in [3.8, 4) is 0 Å². The SMILES string of the molecule is CCCC(CS)CN(CCO)C(CC)CC. The quantitative estimate of drug-likeness (QED) is 0.580. The van der Waals surface area contributed by atoms with Crippen molar-refractivity contribution in [1.29, 1.82) is 0 Å². The highest BCUT2D eigenvalue weighted by Gasteiger charge is 2.18. The van der Waals surface area contributed by atoms with E-state index in [-0.39, 0.29) is 6.61 Å². The molecule has 16 heavy (non-hydrogen) atoms. The number of nitrogens with zero attached hydrogens (tertiary/aromatic N) is 1. The second-order valence-corrected chi connectivity index (χ2v) is 4.89. The summed E-state index contributed by atoms with van der Waals surface area (Å²) in [6, 6.07) is 0.617. The van der Waals surface area contributed by atoms with Gasteiger partial charge in [-0.3, -0.25) is 4.90 Å². The Bertz CT molecular complexity index is 151. The molecule has 0 aliphatic rings. The lowest BCUT2D eigenvalue weighted by atomic mass is 10.0. The monoisotopic (exact) mass is 247 g/mol. The van der Waals surface area contributed by atoms with E-state index in [0.717, 1.165) is 18.8 Å². The molecule has 0 aliphatic heterocycles. The topological polar surface area (TPSA) is 23.5 Å². The van der Waals surface area contributed by atoms with Crippen LogP contribution in [0.25, 0.3) is 0 Å². The number of rotatable bonds is 10. The molecule has 0 aromatic heterocycles. The fourth-order valence-corrected chi connectivity index (χ4v) is 2.63. The summed E-state index contributed by atoms with van der Waals surface area (Å²) in [7, 11) is 0. The van der Waals surface area contributed by atoms with Gasteiger partial charge in [0.2, 0.25) is 0 Å². The van der Waals surface area contributed by atoms with Gasteiger partial charge in [-0.1, -0.05) is 27.2 Å². The van der Waals surface area contributed by atoms with Crippen molar-refractivity contribution in [3.05, 3.63) is 0 Å². The first-order valence-corrected chi connectivity index (χ1v) is 7.32. The number of aliphatic hydroxyl groups is 1. The second kappa shape index (κ2) is 10.4. The first-order chi connectivity index (χ1) is 7.73. The van der Waals surface area contributed by atoms with Gasteiger partial charge in [-0.2, -0.15) is 12.6 Å². The molecule has 0 saturated heterocycles. The van der Waals surface area contributed by atoms with E-state index in [1.165, 1.54) is 25.7 Å². The van der Waals surface area contributed by atoms with Crippen LogP contribution >= 0.6 is 12.6 Å². The average molecular weight is 247 g/mol. The normalized spacial score (nSPS) is 13.7. The zero-order valence-corrected chi connectivity index (χ0v) is 12.0. The van der Waals surface area contributed by atoms with Crippen LogP contribution in [0.2, 0.25) is 0 Å². The molecule has 1 N–H and O–H groups in total. The molecule has 0 saturated carbocycles. The third-order valence-electron chi connectivity index (χ3n) is 3.29. The molecule has 0 aromatic rings. The minimum Gasteiger partial charge on any atom is -0.395 e. The molecule has 0 amide bonds. The lowest BCUT2D eigenvalue weighted by molar-refractivity contribution is 0.126. The van der Waals surface area contributed by atoms with E-state index in [2.05, 4.69) is 38.3 Å². The molecule has 0 rings (SSSR count). The van der Waals surface area contributed by atoms with Crippen molar-refractivity contribution in [1.82, 2.24) is 4.90 Å². The van der Waals surface area contributed by atoms with Crippen LogP contribution in [0.3, 0.4) is 0 Å². The average Bonchev–Trinajstić information content (AvgIpc) is 2.30. The van der Waals surface area contributed by atoms with Crippen molar-refractivity contribution in [2.75, 3.05) is 25.4 Å². The lowest BCUT2D eigenvalue weighted by Gasteiger charge is -2.32. The molecule has 98 valence electrons. The van der Waals surface area contributed by atoms with Gasteiger partial charge in [0.1, 0.15) is 0 Å². The summed E-state index contributed by atoms with van der Waals surface area (Å²) >= 11 is 4.43. The van der Waals surface area contributed by atoms with Gasteiger partial charge in [-0.15, -0.1) is 0 Å². The predicted molar refractivity (Wildman–Crippen MR) is 75.3 cm³/mol. The lowest BCUT2D eigenvalue weighted by Crippen LogP contribution is -2.40. The van der Waals surface area contributed by atoms with Crippen molar-refractivity contribution < 1.29 is 5.11 Å². The molecule has 1 atom stereocenters. The smallest absolute Gasteiger partial charge is 0.0558 e. The van der Waals surface area contributed by atoms with Gasteiger partial charge < -0.3 is 5.11 Å². The Morgan fingerprint density at radius 3 is 2.19 bits per heavy atom. The van der Waals surface area contributed by atoms with Crippen LogP contribution in [0, 0.1) is 5.92 Å². The van der Waals surface area contributed by atoms with Crippen LogP contribution < -0.4 is 0 Å². The molecule has 0 aromatic carbocycles. The Morgan fingerprint density at radius 1 is 1.19 bits per heavy atom. The molecule has 0 spiro atoms. The van der Waals surface area contributed by atoms with Crippen molar-refractivity contribution in [2.24, 2.45) is 5.92 Å². The number of aliphatic hydroxyl groups excluding tert-OH is 1. The highest BCUT2D eigenvalue weighted by molar-refractivity contribution is 7.80. The molecule has 0 heterocycles. The molecule has 3 heteroatoms. The summed E-state index contributed by atoms with van der Waals surface area (Å²) in [6.07, 6.45) is 4.80. The first kappa shape index (κ1) is 16.3. The second-order valence-electron chi connectivity index (χ2n) is 4.53. The molecule has 0 bridgehead atoms. The van der Waals surface area contributed by atoms with E-state index in [1.54, 1.807) is 0 Å². The van der Waals surface area contributed by atoms with Crippen LogP contribution in [-0.4, -0.2) is 41.5 Å². The van der Waals surface area contributed by atoms with Gasteiger partial charge in [-0.25, -0.2) is 0 Å². The summed E-state index contributed by atoms with van der Waals surface area (Å²) in [5.41, 5.74) is 0. The number of hydrogen-bond donors (Lipinski definition) is 2. The maximum Gasteiger partial charge on any atom is 0.0558 e. The van der Waals surface area contributed by atoms with Gasteiger partial charge in [0.15, 0.2) is 0 Å². The van der Waals surface area contributed by atoms with Crippen LogP contribution in [0.1, 0.15) is 46.5 Å². The molecular formula is C13H29NOS. The van der Waals surface area contributed by atoms with Crippen LogP contribution in [0.5, 0.6) is 0 Å². The Kier molecular flexibility index (Phi) is 10.6. The Morgan fingerprint density at radius 2 is 1.81 bits per heavy atom. The van der Waals surface area contributed by atoms with E-state index in [4.69, 9.17) is 5.11 Å². The Balaban J connectivity index is 4.27. The summed E-state index contributed by atoms with van der Waals surface area (Å²) in [5.74, 6) is 1.62. The first-order valence-electron chi connectivity index (χ1n) is 6.69. The van der Waals surface area contributed by atoms with Gasteiger partial charge in [-0.05, 0) is 30.9 Å². The maximum absolute atomic E-state index is 9.13. The fourth-order valence-electron chi connectivity index (χ4n) is 2.34. The summed E-state index contributed by atoms with van der Waals surface area (Å²) in [5, 5.41) is 9.13. The molecular weight excluding hydrogens is 218 g/mol. The maximum atomic E-state index is 9.13. The molecule has 0 aliphatic carbocycles. The molecule has 1 unspecified atom stereocenters. The standard InChI is InChI=1S/C13H29NOS/c1-4-7-12(11-16)10-14(8-9-15)13(5-2)6-3/h12-13,15-16H,4-11H2,1-3H3. The Hall–Kier alpha value is 0.270. The zero-order valence-electron chi connectivity index (χ0n) is 11.2. The van der Waals surface area contributed by atoms with E-state index < -0.39 is 0 Å². The largest absolute Gasteiger partial charge is 0.395 e. The van der Waals surface area contributed by atoms with Crippen LogP contribution in [0.15, 0.2) is 0 Å². The van der Waals surface area contributed by atoms with Gasteiger partial charge in [0.25, 0.3) is 0 Å². The van der Waals surface area contributed by atoms with E-state index in [9.17, 15) is 0 Å². The molecule has 0 radical (unpaired) electrons. The third-order valence-corrected chi connectivity index (χ3v) is 3.81. The van der Waals surface area contributed by atoms with Gasteiger partial charge in [0, 0.05) is 19.1 Å². The predicted octanol–water partition coefficient (Wildman–Crippen LogP) is 2.82. The van der Waals surface area contributed by atoms with Gasteiger partial charge in [0.05, 0.1) is 6.61 Å². The minimum atomic E-state index is 0.266. The minimum absolute atomic E-state index is 0.266. The van der Waals surface area contributed by atoms with E-state index in [0.29, 0.717) is 12.0 Å². The number of thiol groups is 1. The Labute approximate surface area is 107 Å². The van der Waals surface area contributed by atoms with E-state index >= 15 is 0 Å². The van der Waals surface area contributed by atoms with Crippen LogP contribution in [0.4, 0.5) is 0 Å². The molecule has 0 fully saturated rings. The summed E-state index contributed by atoms with van der Waals surface area (Å²) < 4.78 is 0. The van der Waals surface area contributed by atoms with Crippen molar-refractivity contribution in [2.45, 2.75) is 52.5 Å². The molecule has 2 nitrogen and oxygen atoms in total. The summed E-state index contributed by atoms with van der Waals surface area (Å²) in [4.78, 5) is 2.44. The highest BCUT2D eigenvalue weighted by Crippen LogP contribution is 2.15.